The number of aryl methyl sites for hydroxylation is 2. The number of likely N-dealkylation sites (N-methyl/N-ethyl adjacent to an activating group) is 1. The molecule has 39 heavy (non-hydrogen) atoms. The zero-order chi connectivity index (χ0) is 28.5. The molecule has 2 heterocycles. The molecule has 1 amide bonds. The van der Waals surface area contributed by atoms with Crippen LogP contribution < -0.4 is 20.8 Å². The standard InChI is InChI=1S/C27H32F3N7O2/c1-17-7-8-19(13-24(17)37-16-25(36(5)33-37)21-15-31-35(4)18(21)2)26(38)32-20-9-10-23(34(3)11-12-39-6)22(14-20)27(28,29)30/h7-10,13-16,33H,11-12H2,1-6H3,(H,32,38). The third-order valence-electron chi connectivity index (χ3n) is 6.71. The van der Waals surface area contributed by atoms with E-state index in [2.05, 4.69) is 16.0 Å². The van der Waals surface area contributed by atoms with Crippen LogP contribution in [-0.2, 0) is 18.0 Å². The number of hydrogen-bond acceptors (Lipinski definition) is 7. The first kappa shape index (κ1) is 28.0. The van der Waals surface area contributed by atoms with Crippen molar-refractivity contribution in [2.75, 3.05) is 49.6 Å². The monoisotopic (exact) mass is 543 g/mol. The molecule has 3 aromatic rings. The summed E-state index contributed by atoms with van der Waals surface area (Å²) < 4.78 is 48.3. The number of rotatable bonds is 8. The maximum Gasteiger partial charge on any atom is 0.418 e. The van der Waals surface area contributed by atoms with Gasteiger partial charge in [0, 0.05) is 69.2 Å². The van der Waals surface area contributed by atoms with Crippen molar-refractivity contribution in [2.24, 2.45) is 7.05 Å². The van der Waals surface area contributed by atoms with Gasteiger partial charge in [0.15, 0.2) is 0 Å². The van der Waals surface area contributed by atoms with Gasteiger partial charge in [-0.3, -0.25) is 19.5 Å². The number of carbonyl (C=O) groups is 1. The van der Waals surface area contributed by atoms with Gasteiger partial charge >= 0.3 is 6.18 Å². The largest absolute Gasteiger partial charge is 0.418 e. The highest BCUT2D eigenvalue weighted by Crippen LogP contribution is 2.38. The van der Waals surface area contributed by atoms with E-state index >= 15 is 0 Å². The van der Waals surface area contributed by atoms with Crippen molar-refractivity contribution in [2.45, 2.75) is 20.0 Å². The lowest BCUT2D eigenvalue weighted by Gasteiger charge is -2.24. The van der Waals surface area contributed by atoms with Gasteiger partial charge in [-0.25, -0.2) is 0 Å². The van der Waals surface area contributed by atoms with Gasteiger partial charge in [-0.05, 0) is 49.7 Å². The van der Waals surface area contributed by atoms with Crippen LogP contribution in [0.2, 0.25) is 0 Å². The normalized spacial score (nSPS) is 13.6. The summed E-state index contributed by atoms with van der Waals surface area (Å²) in [5.74, 6) is -0.523. The molecule has 0 aliphatic carbocycles. The van der Waals surface area contributed by atoms with Crippen LogP contribution in [0.15, 0.2) is 48.8 Å². The van der Waals surface area contributed by atoms with Gasteiger partial charge in [0.1, 0.15) is 0 Å². The summed E-state index contributed by atoms with van der Waals surface area (Å²) in [7, 11) is 6.80. The average Bonchev–Trinajstić information content (AvgIpc) is 3.43. The predicted octanol–water partition coefficient (Wildman–Crippen LogP) is 4.56. The summed E-state index contributed by atoms with van der Waals surface area (Å²) >= 11 is 0. The molecule has 2 N–H and O–H groups in total. The SMILES string of the molecule is COCCN(C)c1ccc(NC(=O)c2ccc(C)c(N3C=C(c4cnn(C)c4C)N(C)N3)c2)cc1C(F)(F)F. The Bertz CT molecular complexity index is 1400. The molecule has 1 aliphatic heterocycles. The van der Waals surface area contributed by atoms with Gasteiger partial charge < -0.3 is 15.0 Å². The lowest BCUT2D eigenvalue weighted by molar-refractivity contribution is -0.137. The zero-order valence-electron chi connectivity index (χ0n) is 22.7. The number of alkyl halides is 3. The van der Waals surface area contributed by atoms with Crippen molar-refractivity contribution in [3.05, 3.63) is 76.7 Å². The second-order valence-corrected chi connectivity index (χ2v) is 9.41. The number of aromatic nitrogens is 2. The van der Waals surface area contributed by atoms with Crippen molar-refractivity contribution in [3.63, 3.8) is 0 Å². The van der Waals surface area contributed by atoms with Crippen LogP contribution in [0.4, 0.5) is 30.2 Å². The number of ether oxygens (including phenoxy) is 1. The summed E-state index contributed by atoms with van der Waals surface area (Å²) in [6.07, 6.45) is -0.906. The second-order valence-electron chi connectivity index (χ2n) is 9.41. The number of hydrazine groups is 2. The molecule has 0 spiro atoms. The van der Waals surface area contributed by atoms with E-state index in [4.69, 9.17) is 4.74 Å². The Labute approximate surface area is 225 Å². The number of amides is 1. The highest BCUT2D eigenvalue weighted by atomic mass is 19.4. The second kappa shape index (κ2) is 11.0. The predicted molar refractivity (Wildman–Crippen MR) is 145 cm³/mol. The van der Waals surface area contributed by atoms with E-state index in [1.165, 1.54) is 24.1 Å². The maximum atomic E-state index is 13.9. The minimum absolute atomic E-state index is 0.00541. The first-order valence-corrected chi connectivity index (χ1v) is 12.2. The summed E-state index contributed by atoms with van der Waals surface area (Å²) in [5, 5.41) is 10.6. The minimum Gasteiger partial charge on any atom is -0.383 e. The van der Waals surface area contributed by atoms with Crippen LogP contribution in [0, 0.1) is 13.8 Å². The smallest absolute Gasteiger partial charge is 0.383 e. The third-order valence-corrected chi connectivity index (χ3v) is 6.71. The van der Waals surface area contributed by atoms with Crippen LogP contribution in [0.3, 0.4) is 0 Å². The van der Waals surface area contributed by atoms with Gasteiger partial charge in [0.05, 0.1) is 29.8 Å². The summed E-state index contributed by atoms with van der Waals surface area (Å²) in [5.41, 5.74) is 7.22. The van der Waals surface area contributed by atoms with Crippen LogP contribution in [-0.4, -0.2) is 55.1 Å². The lowest BCUT2D eigenvalue weighted by Crippen LogP contribution is -2.38. The van der Waals surface area contributed by atoms with Crippen LogP contribution in [0.25, 0.3) is 5.70 Å². The molecule has 0 atom stereocenters. The molecule has 0 fully saturated rings. The third kappa shape index (κ3) is 5.86. The van der Waals surface area contributed by atoms with Gasteiger partial charge in [0.2, 0.25) is 0 Å². The highest BCUT2D eigenvalue weighted by molar-refractivity contribution is 6.05. The number of hydrogen-bond donors (Lipinski definition) is 2. The summed E-state index contributed by atoms with van der Waals surface area (Å²) in [6, 6.07) is 8.89. The molecule has 0 bridgehead atoms. The molecular formula is C27H32F3N7O2. The van der Waals surface area contributed by atoms with E-state index in [0.29, 0.717) is 5.56 Å². The Kier molecular flexibility index (Phi) is 7.89. The van der Waals surface area contributed by atoms with Crippen molar-refractivity contribution >= 4 is 28.7 Å². The Morgan fingerprint density at radius 3 is 2.54 bits per heavy atom. The molecular weight excluding hydrogens is 511 g/mol. The van der Waals surface area contributed by atoms with E-state index in [1.807, 2.05) is 39.2 Å². The van der Waals surface area contributed by atoms with E-state index in [1.54, 1.807) is 41.1 Å². The van der Waals surface area contributed by atoms with Crippen molar-refractivity contribution < 1.29 is 22.7 Å². The highest BCUT2D eigenvalue weighted by Gasteiger charge is 2.35. The molecule has 0 unspecified atom stereocenters. The number of halogens is 3. The van der Waals surface area contributed by atoms with E-state index in [9.17, 15) is 18.0 Å². The molecule has 2 aromatic carbocycles. The number of methoxy groups -OCH3 is 1. The van der Waals surface area contributed by atoms with Crippen molar-refractivity contribution in [3.8, 4) is 0 Å². The fourth-order valence-electron chi connectivity index (χ4n) is 4.31. The van der Waals surface area contributed by atoms with Crippen LogP contribution in [0.1, 0.15) is 32.7 Å². The molecule has 0 saturated carbocycles. The lowest BCUT2D eigenvalue weighted by atomic mass is 10.1. The van der Waals surface area contributed by atoms with Gasteiger partial charge in [-0.15, -0.1) is 5.53 Å². The molecule has 12 heteroatoms. The quantitative estimate of drug-likeness (QED) is 0.431. The Hall–Kier alpha value is -4.03. The fraction of sp³-hybridized carbons (Fsp3) is 0.333. The average molecular weight is 544 g/mol. The number of carbonyl (C=O) groups excluding carboxylic acids is 1. The first-order chi connectivity index (χ1) is 18.4. The maximum absolute atomic E-state index is 13.9. The Balaban J connectivity index is 1.59. The number of benzene rings is 2. The Morgan fingerprint density at radius 1 is 1.15 bits per heavy atom. The number of nitrogens with one attached hydrogen (secondary N) is 2. The van der Waals surface area contributed by atoms with Gasteiger partial charge in [-0.2, -0.15) is 18.3 Å². The van der Waals surface area contributed by atoms with Crippen LogP contribution in [0.5, 0.6) is 0 Å². The molecule has 0 saturated heterocycles. The molecule has 1 aromatic heterocycles. The van der Waals surface area contributed by atoms with Gasteiger partial charge in [0.25, 0.3) is 5.91 Å². The van der Waals surface area contributed by atoms with E-state index in [-0.39, 0.29) is 24.5 Å². The molecule has 9 nitrogen and oxygen atoms in total. The molecule has 208 valence electrons. The minimum atomic E-state index is -4.60. The Morgan fingerprint density at radius 2 is 1.90 bits per heavy atom. The molecule has 4 rings (SSSR count). The fourth-order valence-corrected chi connectivity index (χ4v) is 4.31. The van der Waals surface area contributed by atoms with E-state index in [0.717, 1.165) is 34.3 Å². The summed E-state index contributed by atoms with van der Waals surface area (Å²) in [4.78, 5) is 14.6. The molecule has 1 aliphatic rings. The summed E-state index contributed by atoms with van der Waals surface area (Å²) in [6.45, 7) is 4.45. The zero-order valence-corrected chi connectivity index (χ0v) is 22.7. The van der Waals surface area contributed by atoms with E-state index < -0.39 is 17.6 Å². The first-order valence-electron chi connectivity index (χ1n) is 12.2. The molecule has 0 radical (unpaired) electrons. The topological polar surface area (TPSA) is 77.9 Å². The number of nitrogens with zero attached hydrogens (tertiary/aromatic N) is 5. The number of anilines is 3. The van der Waals surface area contributed by atoms with Crippen molar-refractivity contribution in [1.82, 2.24) is 20.3 Å². The van der Waals surface area contributed by atoms with Crippen LogP contribution >= 0.6 is 0 Å². The van der Waals surface area contributed by atoms with Crippen molar-refractivity contribution in [1.29, 1.82) is 0 Å². The van der Waals surface area contributed by atoms with Gasteiger partial charge in [-0.1, -0.05) is 6.07 Å².